The van der Waals surface area contributed by atoms with Gasteiger partial charge in [0.1, 0.15) is 0 Å². The molecule has 3 heteroatoms. The first-order valence-corrected chi connectivity index (χ1v) is 4.14. The van der Waals surface area contributed by atoms with Gasteiger partial charge in [-0.15, -0.1) is 0 Å². The topological polar surface area (TPSA) is 27.7 Å². The van der Waals surface area contributed by atoms with Gasteiger partial charge < -0.3 is 0 Å². The zero-order valence-corrected chi connectivity index (χ0v) is 7.70. The summed E-state index contributed by atoms with van der Waals surface area (Å²) < 4.78 is 2.01. The second-order valence-corrected chi connectivity index (χ2v) is 3.45. The van der Waals surface area contributed by atoms with Crippen LogP contribution in [0.4, 0.5) is 0 Å². The Morgan fingerprint density at radius 3 is 2.18 bits per heavy atom. The molecule has 0 aromatic carbocycles. The van der Waals surface area contributed by atoms with Gasteiger partial charge >= 0.3 is 0 Å². The third kappa shape index (κ3) is 1.85. The molecule has 0 saturated heterocycles. The highest BCUT2D eigenvalue weighted by Gasteiger charge is 2.21. The molecule has 0 saturated carbocycles. The van der Waals surface area contributed by atoms with E-state index < -0.39 is 0 Å². The Kier molecular flexibility index (Phi) is 2.37. The molecular weight excluding hydrogens is 138 g/mol. The molecule has 0 aliphatic carbocycles. The molecule has 1 heterocycles. The Morgan fingerprint density at radius 2 is 1.91 bits per heavy atom. The lowest BCUT2D eigenvalue weighted by atomic mass is 10.2. The molecule has 0 radical (unpaired) electrons. The lowest BCUT2D eigenvalue weighted by Crippen LogP contribution is -2.16. The van der Waals surface area contributed by atoms with Crippen LogP contribution in [0.3, 0.4) is 0 Å². The van der Waals surface area contributed by atoms with Crippen LogP contribution >= 0.6 is 0 Å². The van der Waals surface area contributed by atoms with Crippen LogP contribution in [0.25, 0.3) is 0 Å². The zero-order valence-electron chi connectivity index (χ0n) is 7.70. The summed E-state index contributed by atoms with van der Waals surface area (Å²) in [6.07, 6.45) is 0. The molecule has 0 atom stereocenters. The highest BCUT2D eigenvalue weighted by atomic mass is 15.4. The average Bonchev–Trinajstić information content (AvgIpc) is 2.33. The Balaban J connectivity index is 2.63. The molecule has 0 N–H and O–H groups in total. The van der Waals surface area contributed by atoms with E-state index in [1.165, 1.54) is 0 Å². The number of rotatable bonds is 2. The second kappa shape index (κ2) is 3.11. The highest BCUT2D eigenvalue weighted by Crippen LogP contribution is 2.07. The summed E-state index contributed by atoms with van der Waals surface area (Å²) in [6.45, 7) is 9.23. The predicted octanol–water partition coefficient (Wildman–Crippen LogP) is 1.89. The van der Waals surface area contributed by atoms with Crippen molar-refractivity contribution >= 4 is 5.84 Å². The number of amidine groups is 1. The van der Waals surface area contributed by atoms with Crippen LogP contribution in [0.1, 0.15) is 27.7 Å². The van der Waals surface area contributed by atoms with Crippen LogP contribution in [0, 0.1) is 5.92 Å². The largest absolute Gasteiger partial charge is 0.263 e. The Labute approximate surface area is 67.8 Å². The molecule has 1 aliphatic heterocycles. The maximum absolute atomic E-state index is 4.37. The van der Waals surface area contributed by atoms with Gasteiger partial charge in [-0.1, -0.05) is 18.5 Å². The van der Waals surface area contributed by atoms with Crippen LogP contribution in [0.15, 0.2) is 10.1 Å². The molecule has 62 valence electrons. The molecule has 0 bridgehead atoms. The lowest BCUT2D eigenvalue weighted by Gasteiger charge is -1.95. The number of aliphatic imine (C=N–C) groups is 1. The summed E-state index contributed by atoms with van der Waals surface area (Å²) in [5.74, 6) is 1.44. The monoisotopic (exact) mass is 154 g/mol. The van der Waals surface area contributed by atoms with Crippen molar-refractivity contribution in [2.75, 3.05) is 6.67 Å². The summed E-state index contributed by atoms with van der Waals surface area (Å²) in [7, 11) is 0. The van der Waals surface area contributed by atoms with Gasteiger partial charge in [0.2, 0.25) is 0 Å². The number of hydrogen-bond donors (Lipinski definition) is 0. The van der Waals surface area contributed by atoms with E-state index in [1.54, 1.807) is 0 Å². The first-order valence-electron chi connectivity index (χ1n) is 4.14. The van der Waals surface area contributed by atoms with Crippen molar-refractivity contribution in [1.29, 1.82) is 0 Å². The van der Waals surface area contributed by atoms with Crippen molar-refractivity contribution in [2.45, 2.75) is 33.7 Å². The van der Waals surface area contributed by atoms with Crippen molar-refractivity contribution in [3.05, 3.63) is 0 Å². The summed E-state index contributed by atoms with van der Waals surface area (Å²) in [5.41, 5.74) is 0. The summed E-state index contributed by atoms with van der Waals surface area (Å²) in [4.78, 5) is 4.31. The fourth-order valence-electron chi connectivity index (χ4n) is 0.917. The Bertz CT molecular complexity index is 201. The van der Waals surface area contributed by atoms with Gasteiger partial charge in [-0.2, -0.15) is 4.99 Å². The lowest BCUT2D eigenvalue weighted by molar-refractivity contribution is -0.609. The van der Waals surface area contributed by atoms with Crippen molar-refractivity contribution in [3.63, 3.8) is 0 Å². The van der Waals surface area contributed by atoms with Crippen LogP contribution < -0.4 is 0 Å². The molecular formula is C8H16N3+. The van der Waals surface area contributed by atoms with Crippen LogP contribution in [0.2, 0.25) is 0 Å². The molecule has 0 spiro atoms. The van der Waals surface area contributed by atoms with Gasteiger partial charge in [-0.25, -0.2) is 0 Å². The van der Waals surface area contributed by atoms with Crippen LogP contribution in [-0.2, 0) is 0 Å². The molecule has 0 amide bonds. The number of nitrogens with zero attached hydrogens (tertiary/aromatic N) is 3. The fourth-order valence-corrected chi connectivity index (χ4v) is 0.917. The minimum atomic E-state index is 0.457. The molecule has 0 aromatic heterocycles. The Morgan fingerprint density at radius 1 is 1.27 bits per heavy atom. The van der Waals surface area contributed by atoms with Crippen molar-refractivity contribution < 1.29 is 4.70 Å². The zero-order chi connectivity index (χ0) is 8.43. The highest BCUT2D eigenvalue weighted by molar-refractivity contribution is 5.84. The van der Waals surface area contributed by atoms with E-state index in [0.29, 0.717) is 12.0 Å². The smallest absolute Gasteiger partial charge is 0.197 e. The van der Waals surface area contributed by atoms with Gasteiger partial charge in [0.05, 0.1) is 0 Å². The van der Waals surface area contributed by atoms with E-state index in [4.69, 9.17) is 0 Å². The SMILES string of the molecule is CC(C)C1=NC[N+](C(C)C)=N1. The van der Waals surface area contributed by atoms with Gasteiger partial charge in [0.25, 0.3) is 6.67 Å². The maximum Gasteiger partial charge on any atom is 0.263 e. The first-order chi connectivity index (χ1) is 5.11. The molecule has 1 aliphatic rings. The van der Waals surface area contributed by atoms with Crippen molar-refractivity contribution in [3.8, 4) is 0 Å². The minimum absolute atomic E-state index is 0.457. The summed E-state index contributed by atoms with van der Waals surface area (Å²) in [5, 5.41) is 4.37. The first kappa shape index (κ1) is 8.37. The van der Waals surface area contributed by atoms with Gasteiger partial charge in [-0.3, -0.25) is 0 Å². The Hall–Kier alpha value is -0.730. The second-order valence-electron chi connectivity index (χ2n) is 3.45. The van der Waals surface area contributed by atoms with E-state index in [1.807, 2.05) is 4.70 Å². The minimum Gasteiger partial charge on any atom is -0.197 e. The fraction of sp³-hybridized carbons (Fsp3) is 0.875. The summed E-state index contributed by atoms with van der Waals surface area (Å²) in [6, 6.07) is 0.468. The quantitative estimate of drug-likeness (QED) is 0.543. The summed E-state index contributed by atoms with van der Waals surface area (Å²) >= 11 is 0. The van der Waals surface area contributed by atoms with Crippen LogP contribution in [-0.4, -0.2) is 23.2 Å². The number of azo groups is 2. The molecule has 11 heavy (non-hydrogen) atoms. The van der Waals surface area contributed by atoms with E-state index in [2.05, 4.69) is 37.8 Å². The van der Waals surface area contributed by atoms with Crippen molar-refractivity contribution in [1.82, 2.24) is 0 Å². The van der Waals surface area contributed by atoms with E-state index in [0.717, 1.165) is 12.5 Å². The number of hydrogen-bond acceptors (Lipinski definition) is 2. The van der Waals surface area contributed by atoms with E-state index in [9.17, 15) is 0 Å². The molecule has 0 unspecified atom stereocenters. The molecule has 3 nitrogen and oxygen atoms in total. The standard InChI is InChI=1S/C8H16N3/c1-6(2)8-9-5-11(10-8)7(3)4/h6-7H,5H2,1-4H3/q+1. The predicted molar refractivity (Wildman–Crippen MR) is 45.0 cm³/mol. The average molecular weight is 154 g/mol. The van der Waals surface area contributed by atoms with Crippen molar-refractivity contribution in [2.24, 2.45) is 16.0 Å². The molecule has 1 rings (SSSR count). The van der Waals surface area contributed by atoms with Gasteiger partial charge in [0, 0.05) is 11.0 Å². The van der Waals surface area contributed by atoms with E-state index in [-0.39, 0.29) is 0 Å². The molecule has 0 fully saturated rings. The normalized spacial score (nSPS) is 17.6. The van der Waals surface area contributed by atoms with Gasteiger partial charge in [-0.05, 0) is 13.8 Å². The van der Waals surface area contributed by atoms with E-state index >= 15 is 0 Å². The maximum atomic E-state index is 4.37. The third-order valence-corrected chi connectivity index (χ3v) is 1.72. The van der Waals surface area contributed by atoms with Gasteiger partial charge in [0.15, 0.2) is 11.9 Å². The van der Waals surface area contributed by atoms with Crippen LogP contribution in [0.5, 0.6) is 0 Å². The molecule has 0 aromatic rings. The third-order valence-electron chi connectivity index (χ3n) is 1.72.